The molecule has 1 saturated carbocycles. The van der Waals surface area contributed by atoms with Crippen molar-refractivity contribution in [1.29, 1.82) is 5.26 Å². The van der Waals surface area contributed by atoms with E-state index in [4.69, 9.17) is 26.7 Å². The average Bonchev–Trinajstić information content (AvgIpc) is 3.65. The first-order valence-corrected chi connectivity index (χ1v) is 20.5. The number of nitrogens with zero attached hydrogens (tertiary/aromatic N) is 8. The first-order chi connectivity index (χ1) is 27.5. The Morgan fingerprint density at radius 1 is 1.02 bits per heavy atom. The molecule has 298 valence electrons. The molecule has 0 radical (unpaired) electrons. The number of imide groups is 1. The molecule has 2 aromatic carbocycles. The molecule has 4 amide bonds. The van der Waals surface area contributed by atoms with Crippen molar-refractivity contribution in [2.45, 2.75) is 83.4 Å². The van der Waals surface area contributed by atoms with Crippen LogP contribution in [0.1, 0.15) is 87.3 Å². The monoisotopic (exact) mass is 792 g/mol. The number of halogens is 1. The van der Waals surface area contributed by atoms with E-state index in [-0.39, 0.29) is 47.9 Å². The van der Waals surface area contributed by atoms with E-state index in [1.54, 1.807) is 29.2 Å². The van der Waals surface area contributed by atoms with E-state index in [9.17, 15) is 14.4 Å². The van der Waals surface area contributed by atoms with Gasteiger partial charge in [0, 0.05) is 63.2 Å². The van der Waals surface area contributed by atoms with Crippen molar-refractivity contribution in [3.63, 3.8) is 0 Å². The molecule has 3 saturated heterocycles. The van der Waals surface area contributed by atoms with Crippen LogP contribution < -0.4 is 25.2 Å². The van der Waals surface area contributed by atoms with E-state index in [2.05, 4.69) is 61.3 Å². The van der Waals surface area contributed by atoms with Crippen molar-refractivity contribution in [1.82, 2.24) is 35.5 Å². The van der Waals surface area contributed by atoms with Gasteiger partial charge in [0.05, 0.1) is 40.1 Å². The van der Waals surface area contributed by atoms with Gasteiger partial charge < -0.3 is 19.9 Å². The van der Waals surface area contributed by atoms with Crippen LogP contribution in [0.2, 0.25) is 5.02 Å². The van der Waals surface area contributed by atoms with Gasteiger partial charge in [0.25, 0.3) is 5.91 Å². The number of carbonyl (C=O) groups excluding carboxylic acids is 3. The van der Waals surface area contributed by atoms with E-state index in [1.165, 1.54) is 0 Å². The largest absolute Gasteiger partial charge is 0.490 e. The number of benzene rings is 2. The minimum Gasteiger partial charge on any atom is -0.490 e. The lowest BCUT2D eigenvalue weighted by atomic mass is 9.73. The molecule has 1 unspecified atom stereocenters. The van der Waals surface area contributed by atoms with Gasteiger partial charge in [-0.3, -0.25) is 24.5 Å². The number of ether oxygens (including phenoxy) is 1. The maximum Gasteiger partial charge on any atom is 0.328 e. The van der Waals surface area contributed by atoms with E-state index in [0.29, 0.717) is 34.5 Å². The van der Waals surface area contributed by atoms with Crippen LogP contribution in [0.25, 0.3) is 10.9 Å². The van der Waals surface area contributed by atoms with Gasteiger partial charge in [-0.25, -0.2) is 4.79 Å². The third kappa shape index (κ3) is 8.41. The van der Waals surface area contributed by atoms with Gasteiger partial charge in [-0.05, 0) is 92.7 Å². The Labute approximate surface area is 337 Å². The van der Waals surface area contributed by atoms with Crippen LogP contribution in [0, 0.1) is 22.7 Å². The number of nitriles is 1. The molecule has 1 atom stereocenters. The number of hydrogen-bond donors (Lipinski definition) is 2. The highest BCUT2D eigenvalue weighted by molar-refractivity contribution is 6.31. The molecular weight excluding hydrogens is 744 g/mol. The highest BCUT2D eigenvalue weighted by Gasteiger charge is 2.38. The number of fused-ring (bicyclic) bond motifs is 1. The number of amides is 4. The lowest BCUT2D eigenvalue weighted by Crippen LogP contribution is -2.50. The number of nitrogens with one attached hydrogen (secondary N) is 2. The number of rotatable bonds is 9. The molecule has 4 aliphatic rings. The molecule has 0 bridgehead atoms. The maximum absolute atomic E-state index is 13.2. The third-order valence-electron chi connectivity index (χ3n) is 12.5. The Bertz CT molecular complexity index is 2170. The first kappa shape index (κ1) is 38.6. The van der Waals surface area contributed by atoms with Crippen molar-refractivity contribution in [3.8, 4) is 11.8 Å². The van der Waals surface area contributed by atoms with E-state index >= 15 is 0 Å². The number of carbonyl (C=O) groups is 3. The van der Waals surface area contributed by atoms with Crippen molar-refractivity contribution >= 4 is 51.9 Å². The lowest BCUT2D eigenvalue weighted by Gasteiger charge is -2.47. The van der Waals surface area contributed by atoms with Gasteiger partial charge in [-0.15, -0.1) is 10.2 Å². The molecule has 8 rings (SSSR count). The Kier molecular flexibility index (Phi) is 11.0. The fraction of sp³-hybridized carbons (Fsp3) is 0.500. The Hall–Kier alpha value is -5.26. The van der Waals surface area contributed by atoms with Crippen molar-refractivity contribution < 1.29 is 19.1 Å². The van der Waals surface area contributed by atoms with Gasteiger partial charge in [-0.1, -0.05) is 31.5 Å². The topological polar surface area (TPSA) is 162 Å². The predicted octanol–water partition coefficient (Wildman–Crippen LogP) is 6.11. The summed E-state index contributed by atoms with van der Waals surface area (Å²) < 4.78 is 8.23. The molecule has 4 fully saturated rings. The Balaban J connectivity index is 0.821. The standard InChI is InChI=1S/C42H49ClN10O4/c1-42(2)17-21-51(38-13-12-35(48-49-38)40(55)46-29-7-10-31(11-8-29)57-32-9-6-27(23-44)34(43)22-32)26-28(42)25-50-18-14-30(15-19-50)53-37-5-3-4-36(33(37)24-45-53)52-20-16-39(54)47-41(52)56/h3-6,9,12-13,22,24,28-31H,7-8,10-11,14-21,25-26H2,1-2H3,(H,46,55)(H,47,54,56)/t28?,29-,31-. The molecule has 5 heterocycles. The summed E-state index contributed by atoms with van der Waals surface area (Å²) in [4.78, 5) is 44.0. The van der Waals surface area contributed by atoms with Crippen LogP contribution in [-0.4, -0.2) is 94.1 Å². The summed E-state index contributed by atoms with van der Waals surface area (Å²) in [7, 11) is 0. The number of hydrogen-bond acceptors (Lipinski definition) is 10. The van der Waals surface area contributed by atoms with E-state index < -0.39 is 0 Å². The Morgan fingerprint density at radius 2 is 1.82 bits per heavy atom. The molecule has 0 spiro atoms. The summed E-state index contributed by atoms with van der Waals surface area (Å²) in [6.45, 7) is 9.79. The SMILES string of the molecule is CC1(C)CCN(c2ccc(C(=O)N[C@H]3CC[C@H](Oc4ccc(C#N)c(Cl)c4)CC3)nn2)CC1CN1CCC(n2ncc3c(N4CCC(=O)NC4=O)cccc32)CC1. The zero-order valence-corrected chi connectivity index (χ0v) is 33.2. The number of piperidine rings is 2. The summed E-state index contributed by atoms with van der Waals surface area (Å²) in [5.41, 5.74) is 2.69. The third-order valence-corrected chi connectivity index (χ3v) is 12.8. The van der Waals surface area contributed by atoms with Crippen LogP contribution >= 0.6 is 11.6 Å². The maximum atomic E-state index is 13.2. The minimum absolute atomic E-state index is 0.0247. The zero-order chi connectivity index (χ0) is 39.7. The van der Waals surface area contributed by atoms with Gasteiger partial charge in [0.2, 0.25) is 5.91 Å². The molecule has 2 N–H and O–H groups in total. The lowest BCUT2D eigenvalue weighted by molar-refractivity contribution is -0.120. The van der Waals surface area contributed by atoms with Crippen LogP contribution in [0.3, 0.4) is 0 Å². The second kappa shape index (κ2) is 16.3. The van der Waals surface area contributed by atoms with Crippen molar-refractivity contribution in [3.05, 3.63) is 71.0 Å². The predicted molar refractivity (Wildman–Crippen MR) is 216 cm³/mol. The molecule has 14 nitrogen and oxygen atoms in total. The summed E-state index contributed by atoms with van der Waals surface area (Å²) in [5.74, 6) is 1.41. The van der Waals surface area contributed by atoms with Gasteiger partial charge in [0.1, 0.15) is 11.8 Å². The molecule has 3 aliphatic heterocycles. The van der Waals surface area contributed by atoms with Crippen molar-refractivity contribution in [2.75, 3.05) is 49.1 Å². The molecule has 15 heteroatoms. The summed E-state index contributed by atoms with van der Waals surface area (Å²) >= 11 is 6.17. The fourth-order valence-corrected chi connectivity index (χ4v) is 9.04. The van der Waals surface area contributed by atoms with Crippen LogP contribution in [-0.2, 0) is 4.79 Å². The number of aromatic nitrogens is 4. The van der Waals surface area contributed by atoms with Crippen LogP contribution in [0.15, 0.2) is 54.7 Å². The van der Waals surface area contributed by atoms with Gasteiger partial charge in [-0.2, -0.15) is 10.4 Å². The smallest absolute Gasteiger partial charge is 0.328 e. The summed E-state index contributed by atoms with van der Waals surface area (Å²) in [5, 5.41) is 29.7. The molecule has 4 aromatic rings. The average molecular weight is 793 g/mol. The number of likely N-dealkylation sites (tertiary alicyclic amines) is 1. The van der Waals surface area contributed by atoms with Crippen molar-refractivity contribution in [2.24, 2.45) is 11.3 Å². The normalized spacial score (nSPS) is 23.2. The zero-order valence-electron chi connectivity index (χ0n) is 32.5. The summed E-state index contributed by atoms with van der Waals surface area (Å²) in [6.07, 6.45) is 8.33. The Morgan fingerprint density at radius 3 is 2.54 bits per heavy atom. The van der Waals surface area contributed by atoms with E-state index in [0.717, 1.165) is 100 Å². The molecular formula is C42H49ClN10O4. The minimum atomic E-state index is -0.387. The first-order valence-electron chi connectivity index (χ1n) is 20.1. The highest BCUT2D eigenvalue weighted by Crippen LogP contribution is 2.39. The van der Waals surface area contributed by atoms with Crippen LogP contribution in [0.4, 0.5) is 16.3 Å². The number of urea groups is 1. The molecule has 2 aromatic heterocycles. The molecule has 57 heavy (non-hydrogen) atoms. The second-order valence-electron chi connectivity index (χ2n) is 16.6. The quantitative estimate of drug-likeness (QED) is 0.203. The fourth-order valence-electron chi connectivity index (χ4n) is 8.83. The highest BCUT2D eigenvalue weighted by atomic mass is 35.5. The second-order valence-corrected chi connectivity index (χ2v) is 17.0. The number of anilines is 2. The van der Waals surface area contributed by atoms with Gasteiger partial charge in [0.15, 0.2) is 11.5 Å². The van der Waals surface area contributed by atoms with E-state index in [1.807, 2.05) is 24.4 Å². The van der Waals surface area contributed by atoms with Crippen LogP contribution in [0.5, 0.6) is 5.75 Å². The van der Waals surface area contributed by atoms with Gasteiger partial charge >= 0.3 is 6.03 Å². The summed E-state index contributed by atoms with van der Waals surface area (Å²) in [6, 6.07) is 16.7. The molecule has 1 aliphatic carbocycles.